The van der Waals surface area contributed by atoms with Crippen molar-refractivity contribution in [2.24, 2.45) is 0 Å². The Balaban J connectivity index is 2.23. The van der Waals surface area contributed by atoms with Crippen molar-refractivity contribution in [1.82, 2.24) is 4.98 Å². The van der Waals surface area contributed by atoms with Crippen LogP contribution in [0.25, 0.3) is 0 Å². The molecule has 104 valence electrons. The Morgan fingerprint density at radius 1 is 1.35 bits per heavy atom. The van der Waals surface area contributed by atoms with Crippen LogP contribution in [0.3, 0.4) is 0 Å². The molecule has 1 unspecified atom stereocenters. The molecule has 0 aliphatic rings. The molecule has 0 radical (unpaired) electrons. The highest BCUT2D eigenvalue weighted by molar-refractivity contribution is 9.10. The third kappa shape index (κ3) is 3.81. The van der Waals surface area contributed by atoms with E-state index >= 15 is 0 Å². The summed E-state index contributed by atoms with van der Waals surface area (Å²) >= 11 is 3.38. The summed E-state index contributed by atoms with van der Waals surface area (Å²) in [6, 6.07) is 10.7. The maximum absolute atomic E-state index is 12.1. The molecule has 20 heavy (non-hydrogen) atoms. The van der Waals surface area contributed by atoms with Crippen molar-refractivity contribution >= 4 is 27.6 Å². The van der Waals surface area contributed by atoms with Crippen molar-refractivity contribution in [2.45, 2.75) is 13.0 Å². The highest BCUT2D eigenvalue weighted by Gasteiger charge is 2.21. The zero-order chi connectivity index (χ0) is 14.4. The lowest BCUT2D eigenvalue weighted by atomic mass is 10.1. The number of carbonyl (C=O) groups is 1. The Bertz CT molecular complexity index is 558. The molecular weight excluding hydrogens is 320 g/mol. The first-order valence-electron chi connectivity index (χ1n) is 6.29. The number of hydrogen-bond donors (Lipinski definition) is 1. The molecule has 2 rings (SSSR count). The van der Waals surface area contributed by atoms with Gasteiger partial charge in [0.15, 0.2) is 6.04 Å². The number of aromatic nitrogens is 1. The first kappa shape index (κ1) is 14.5. The number of hydrogen-bond acceptors (Lipinski definition) is 4. The Morgan fingerprint density at radius 2 is 2.10 bits per heavy atom. The van der Waals surface area contributed by atoms with E-state index < -0.39 is 6.04 Å². The Hall–Kier alpha value is -1.88. The number of carbonyl (C=O) groups excluding carboxylic acids is 1. The second-order valence-electron chi connectivity index (χ2n) is 4.12. The summed E-state index contributed by atoms with van der Waals surface area (Å²) in [7, 11) is 0. The lowest BCUT2D eigenvalue weighted by Gasteiger charge is -2.18. The quantitative estimate of drug-likeness (QED) is 0.849. The minimum atomic E-state index is -0.565. The minimum Gasteiger partial charge on any atom is -0.464 e. The van der Waals surface area contributed by atoms with Gasteiger partial charge in [0.25, 0.3) is 0 Å². The predicted molar refractivity (Wildman–Crippen MR) is 81.4 cm³/mol. The van der Waals surface area contributed by atoms with Crippen molar-refractivity contribution in [2.75, 3.05) is 11.9 Å². The number of nitrogens with zero attached hydrogens (tertiary/aromatic N) is 1. The number of nitrogens with one attached hydrogen (secondary N) is 1. The summed E-state index contributed by atoms with van der Waals surface area (Å²) in [5.41, 5.74) is 1.61. The molecule has 1 aromatic carbocycles. The summed E-state index contributed by atoms with van der Waals surface area (Å²) < 4.78 is 6.10. The van der Waals surface area contributed by atoms with Gasteiger partial charge < -0.3 is 10.1 Å². The Morgan fingerprint density at radius 3 is 2.70 bits per heavy atom. The molecule has 4 nitrogen and oxygen atoms in total. The van der Waals surface area contributed by atoms with Crippen molar-refractivity contribution in [3.63, 3.8) is 0 Å². The van der Waals surface area contributed by atoms with E-state index in [1.165, 1.54) is 0 Å². The van der Waals surface area contributed by atoms with Crippen molar-refractivity contribution in [3.05, 3.63) is 58.8 Å². The first-order chi connectivity index (χ1) is 9.70. The SMILES string of the molecule is CCOC(=O)C(Nc1ccc(Br)cc1)c1cccnc1. The van der Waals surface area contributed by atoms with Gasteiger partial charge in [-0.3, -0.25) is 4.98 Å². The molecule has 0 amide bonds. The highest BCUT2D eigenvalue weighted by atomic mass is 79.9. The van der Waals surface area contributed by atoms with Crippen LogP contribution < -0.4 is 5.32 Å². The molecule has 0 aliphatic carbocycles. The van der Waals surface area contributed by atoms with Crippen molar-refractivity contribution in [3.8, 4) is 0 Å². The fourth-order valence-corrected chi connectivity index (χ4v) is 2.03. The van der Waals surface area contributed by atoms with E-state index in [0.717, 1.165) is 15.7 Å². The first-order valence-corrected chi connectivity index (χ1v) is 7.08. The van der Waals surface area contributed by atoms with Crippen LogP contribution in [0.1, 0.15) is 18.5 Å². The minimum absolute atomic E-state index is 0.316. The molecule has 1 heterocycles. The lowest BCUT2D eigenvalue weighted by Crippen LogP contribution is -2.23. The second-order valence-corrected chi connectivity index (χ2v) is 5.04. The molecule has 0 bridgehead atoms. The monoisotopic (exact) mass is 334 g/mol. The van der Waals surface area contributed by atoms with Gasteiger partial charge in [0.1, 0.15) is 0 Å². The molecule has 0 saturated carbocycles. The molecule has 0 aliphatic heterocycles. The normalized spacial score (nSPS) is 11.7. The summed E-state index contributed by atoms with van der Waals surface area (Å²) in [4.78, 5) is 16.1. The largest absolute Gasteiger partial charge is 0.464 e. The maximum atomic E-state index is 12.1. The molecule has 0 saturated heterocycles. The van der Waals surface area contributed by atoms with Gasteiger partial charge in [-0.05, 0) is 37.3 Å². The van der Waals surface area contributed by atoms with Gasteiger partial charge >= 0.3 is 5.97 Å². The Labute approximate surface area is 126 Å². The standard InChI is InChI=1S/C15H15BrN2O2/c1-2-20-15(19)14(11-4-3-9-17-10-11)18-13-7-5-12(16)6-8-13/h3-10,14,18H,2H2,1H3. The number of pyridine rings is 1. The Kier molecular flexibility index (Phi) is 5.12. The van der Waals surface area contributed by atoms with E-state index in [9.17, 15) is 4.79 Å². The van der Waals surface area contributed by atoms with Gasteiger partial charge in [-0.1, -0.05) is 22.0 Å². The third-order valence-electron chi connectivity index (χ3n) is 2.70. The van der Waals surface area contributed by atoms with Gasteiger partial charge in [0.2, 0.25) is 0 Å². The number of esters is 1. The number of rotatable bonds is 5. The van der Waals surface area contributed by atoms with Gasteiger partial charge in [0.05, 0.1) is 6.61 Å². The zero-order valence-corrected chi connectivity index (χ0v) is 12.6. The molecule has 0 fully saturated rings. The fraction of sp³-hybridized carbons (Fsp3) is 0.200. The fourth-order valence-electron chi connectivity index (χ4n) is 1.76. The van der Waals surface area contributed by atoms with E-state index in [1.54, 1.807) is 25.4 Å². The summed E-state index contributed by atoms with van der Waals surface area (Å²) in [5, 5.41) is 3.17. The van der Waals surface area contributed by atoms with Gasteiger partial charge in [-0.2, -0.15) is 0 Å². The van der Waals surface area contributed by atoms with Gasteiger partial charge in [-0.25, -0.2) is 4.79 Å². The molecule has 5 heteroatoms. The van der Waals surface area contributed by atoms with Crippen LogP contribution in [0.5, 0.6) is 0 Å². The van der Waals surface area contributed by atoms with E-state index in [4.69, 9.17) is 4.74 Å². The number of benzene rings is 1. The molecule has 1 atom stereocenters. The summed E-state index contributed by atoms with van der Waals surface area (Å²) in [6.45, 7) is 2.13. The van der Waals surface area contributed by atoms with E-state index in [-0.39, 0.29) is 5.97 Å². The van der Waals surface area contributed by atoms with Crippen LogP contribution >= 0.6 is 15.9 Å². The zero-order valence-electron chi connectivity index (χ0n) is 11.0. The van der Waals surface area contributed by atoms with E-state index in [2.05, 4.69) is 26.2 Å². The molecule has 1 aromatic heterocycles. The highest BCUT2D eigenvalue weighted by Crippen LogP contribution is 2.22. The second kappa shape index (κ2) is 7.05. The molecule has 0 spiro atoms. The molecular formula is C15H15BrN2O2. The third-order valence-corrected chi connectivity index (χ3v) is 3.22. The van der Waals surface area contributed by atoms with Gasteiger partial charge in [0, 0.05) is 28.1 Å². The van der Waals surface area contributed by atoms with E-state index in [1.807, 2.05) is 30.3 Å². The average Bonchev–Trinajstić information content (AvgIpc) is 2.48. The number of ether oxygens (including phenoxy) is 1. The van der Waals surface area contributed by atoms with Crippen molar-refractivity contribution in [1.29, 1.82) is 0 Å². The smallest absolute Gasteiger partial charge is 0.333 e. The van der Waals surface area contributed by atoms with Gasteiger partial charge in [-0.15, -0.1) is 0 Å². The summed E-state index contributed by atoms with van der Waals surface area (Å²) in [6.07, 6.45) is 3.33. The molecule has 2 aromatic rings. The maximum Gasteiger partial charge on any atom is 0.333 e. The van der Waals surface area contributed by atoms with Crippen LogP contribution in [0.15, 0.2) is 53.3 Å². The lowest BCUT2D eigenvalue weighted by molar-refractivity contribution is -0.144. The van der Waals surface area contributed by atoms with Crippen molar-refractivity contribution < 1.29 is 9.53 Å². The van der Waals surface area contributed by atoms with E-state index in [0.29, 0.717) is 6.61 Å². The summed E-state index contributed by atoms with van der Waals surface area (Å²) in [5.74, 6) is -0.316. The van der Waals surface area contributed by atoms with Crippen LogP contribution in [0, 0.1) is 0 Å². The number of halogens is 1. The average molecular weight is 335 g/mol. The van der Waals surface area contributed by atoms with Crippen LogP contribution in [0.4, 0.5) is 5.69 Å². The van der Waals surface area contributed by atoms with Crippen LogP contribution in [0.2, 0.25) is 0 Å². The topological polar surface area (TPSA) is 51.2 Å². The number of anilines is 1. The molecule has 1 N–H and O–H groups in total. The van der Waals surface area contributed by atoms with Crippen LogP contribution in [-0.2, 0) is 9.53 Å². The van der Waals surface area contributed by atoms with Crippen LogP contribution in [-0.4, -0.2) is 17.6 Å². The predicted octanol–water partition coefficient (Wildman–Crippen LogP) is 3.56.